The molecule has 0 fully saturated rings. The SMILES string of the molecule is O=C(CNC(=O)C1c2ccccc2Oc2ccccc21)NCC(F)(F)F. The molecule has 0 radical (unpaired) electrons. The smallest absolute Gasteiger partial charge is 0.405 e. The summed E-state index contributed by atoms with van der Waals surface area (Å²) in [6, 6.07) is 14.0. The minimum atomic E-state index is -4.50. The second kappa shape index (κ2) is 7.07. The van der Waals surface area contributed by atoms with E-state index >= 15 is 0 Å². The predicted octanol–water partition coefficient (Wildman–Crippen LogP) is 2.72. The standard InChI is InChI=1S/C18H15F3N2O3/c19-18(20,21)10-23-15(24)9-22-17(25)16-11-5-1-3-7-13(11)26-14-8-4-2-6-12(14)16/h1-8,16H,9-10H2,(H,22,25)(H,23,24). The van der Waals surface area contributed by atoms with Crippen molar-refractivity contribution < 1.29 is 27.5 Å². The highest BCUT2D eigenvalue weighted by Crippen LogP contribution is 2.43. The number of hydrogen-bond donors (Lipinski definition) is 2. The van der Waals surface area contributed by atoms with Gasteiger partial charge in [-0.25, -0.2) is 0 Å². The Kier molecular flexibility index (Phi) is 4.83. The molecule has 0 aliphatic carbocycles. The van der Waals surface area contributed by atoms with E-state index in [1.807, 2.05) is 0 Å². The average Bonchev–Trinajstić information content (AvgIpc) is 2.61. The Bertz CT molecular complexity index is 791. The molecule has 5 nitrogen and oxygen atoms in total. The summed E-state index contributed by atoms with van der Waals surface area (Å²) in [5, 5.41) is 4.11. The Labute approximate surface area is 147 Å². The van der Waals surface area contributed by atoms with Crippen LogP contribution in [0.5, 0.6) is 11.5 Å². The summed E-state index contributed by atoms with van der Waals surface area (Å²) < 4.78 is 42.1. The Morgan fingerprint density at radius 2 is 1.46 bits per heavy atom. The van der Waals surface area contributed by atoms with Crippen molar-refractivity contribution in [2.75, 3.05) is 13.1 Å². The Morgan fingerprint density at radius 1 is 0.923 bits per heavy atom. The molecule has 0 atom stereocenters. The first-order valence-corrected chi connectivity index (χ1v) is 7.82. The number of rotatable bonds is 4. The number of ether oxygens (including phenoxy) is 1. The van der Waals surface area contributed by atoms with Crippen LogP contribution in [0.4, 0.5) is 13.2 Å². The van der Waals surface area contributed by atoms with E-state index in [1.54, 1.807) is 53.8 Å². The van der Waals surface area contributed by atoms with Gasteiger partial charge < -0.3 is 15.4 Å². The first-order chi connectivity index (χ1) is 12.3. The molecule has 0 spiro atoms. The fraction of sp³-hybridized carbons (Fsp3) is 0.222. The maximum Gasteiger partial charge on any atom is 0.405 e. The molecule has 0 saturated heterocycles. The predicted molar refractivity (Wildman–Crippen MR) is 86.9 cm³/mol. The number of carbonyl (C=O) groups is 2. The number of alkyl halides is 3. The van der Waals surface area contributed by atoms with Crippen LogP contribution >= 0.6 is 0 Å². The molecule has 0 aromatic heterocycles. The number of nitrogens with one attached hydrogen (secondary N) is 2. The summed E-state index contributed by atoms with van der Waals surface area (Å²) in [4.78, 5) is 24.2. The van der Waals surface area contributed by atoms with Gasteiger partial charge in [-0.05, 0) is 12.1 Å². The van der Waals surface area contributed by atoms with Crippen molar-refractivity contribution in [3.05, 3.63) is 59.7 Å². The molecule has 2 amide bonds. The van der Waals surface area contributed by atoms with Crippen LogP contribution in [0.3, 0.4) is 0 Å². The Balaban J connectivity index is 1.74. The molecule has 2 aromatic carbocycles. The first kappa shape index (κ1) is 17.8. The maximum absolute atomic E-state index is 12.7. The van der Waals surface area contributed by atoms with E-state index in [0.717, 1.165) is 0 Å². The maximum atomic E-state index is 12.7. The number of para-hydroxylation sites is 2. The molecular formula is C18H15F3N2O3. The zero-order valence-electron chi connectivity index (χ0n) is 13.5. The lowest BCUT2D eigenvalue weighted by molar-refractivity contribution is -0.138. The Hall–Kier alpha value is -3.03. The third kappa shape index (κ3) is 3.96. The van der Waals surface area contributed by atoms with Gasteiger partial charge in [-0.3, -0.25) is 9.59 Å². The van der Waals surface area contributed by atoms with Gasteiger partial charge in [0.2, 0.25) is 11.8 Å². The van der Waals surface area contributed by atoms with Gasteiger partial charge in [-0.15, -0.1) is 0 Å². The molecule has 26 heavy (non-hydrogen) atoms. The van der Waals surface area contributed by atoms with Gasteiger partial charge >= 0.3 is 6.18 Å². The number of hydrogen-bond acceptors (Lipinski definition) is 3. The molecule has 3 rings (SSSR count). The van der Waals surface area contributed by atoms with Crippen molar-refractivity contribution in [3.8, 4) is 11.5 Å². The van der Waals surface area contributed by atoms with Crippen LogP contribution in [0, 0.1) is 0 Å². The summed E-state index contributed by atoms with van der Waals surface area (Å²) >= 11 is 0. The zero-order chi connectivity index (χ0) is 18.7. The highest BCUT2D eigenvalue weighted by Gasteiger charge is 2.33. The van der Waals surface area contributed by atoms with Gasteiger partial charge in [0.05, 0.1) is 12.5 Å². The average molecular weight is 364 g/mol. The van der Waals surface area contributed by atoms with Crippen molar-refractivity contribution >= 4 is 11.8 Å². The molecule has 1 aliphatic rings. The molecule has 0 bridgehead atoms. The topological polar surface area (TPSA) is 67.4 Å². The molecule has 8 heteroatoms. The summed E-state index contributed by atoms with van der Waals surface area (Å²) in [5.74, 6) is -1.08. The minimum absolute atomic E-state index is 0.490. The number of fused-ring (bicyclic) bond motifs is 2. The van der Waals surface area contributed by atoms with Gasteiger partial charge in [0.15, 0.2) is 0 Å². The van der Waals surface area contributed by atoms with Crippen LogP contribution < -0.4 is 15.4 Å². The summed E-state index contributed by atoms with van der Waals surface area (Å²) in [5.41, 5.74) is 1.25. The summed E-state index contributed by atoms with van der Waals surface area (Å²) in [6.45, 7) is -1.98. The third-order valence-electron chi connectivity index (χ3n) is 3.85. The van der Waals surface area contributed by atoms with Crippen LogP contribution in [0.15, 0.2) is 48.5 Å². The van der Waals surface area contributed by atoms with Crippen LogP contribution in [0.1, 0.15) is 17.0 Å². The lowest BCUT2D eigenvalue weighted by Crippen LogP contribution is -2.42. The first-order valence-electron chi connectivity index (χ1n) is 7.82. The molecule has 1 aliphatic heterocycles. The fourth-order valence-corrected chi connectivity index (χ4v) is 2.72. The van der Waals surface area contributed by atoms with Gasteiger partial charge in [0.25, 0.3) is 0 Å². The van der Waals surface area contributed by atoms with E-state index in [0.29, 0.717) is 22.6 Å². The van der Waals surface area contributed by atoms with Crippen LogP contribution in [0.2, 0.25) is 0 Å². The van der Waals surface area contributed by atoms with Crippen molar-refractivity contribution in [2.24, 2.45) is 0 Å². The van der Waals surface area contributed by atoms with Gasteiger partial charge in [-0.1, -0.05) is 36.4 Å². The number of benzene rings is 2. The van der Waals surface area contributed by atoms with Crippen molar-refractivity contribution in [3.63, 3.8) is 0 Å². The normalized spacial score (nSPS) is 13.2. The van der Waals surface area contributed by atoms with Crippen LogP contribution in [-0.4, -0.2) is 31.1 Å². The van der Waals surface area contributed by atoms with E-state index in [9.17, 15) is 22.8 Å². The van der Waals surface area contributed by atoms with Crippen LogP contribution in [0.25, 0.3) is 0 Å². The summed E-state index contributed by atoms with van der Waals surface area (Å²) in [6.07, 6.45) is -4.50. The van der Waals surface area contributed by atoms with Gasteiger partial charge in [0, 0.05) is 11.1 Å². The monoisotopic (exact) mass is 364 g/mol. The Morgan fingerprint density at radius 3 is 2.00 bits per heavy atom. The molecule has 0 saturated carbocycles. The molecule has 0 unspecified atom stereocenters. The van der Waals surface area contributed by atoms with E-state index in [-0.39, 0.29) is 0 Å². The van der Waals surface area contributed by atoms with E-state index in [1.165, 1.54) is 0 Å². The second-order valence-corrected chi connectivity index (χ2v) is 5.72. The van der Waals surface area contributed by atoms with E-state index < -0.39 is 37.0 Å². The molecule has 2 N–H and O–H groups in total. The highest BCUT2D eigenvalue weighted by atomic mass is 19.4. The number of amides is 2. The number of halogens is 3. The molecular weight excluding hydrogens is 349 g/mol. The lowest BCUT2D eigenvalue weighted by atomic mass is 9.87. The zero-order valence-corrected chi connectivity index (χ0v) is 13.5. The second-order valence-electron chi connectivity index (χ2n) is 5.72. The van der Waals surface area contributed by atoms with Crippen molar-refractivity contribution in [1.82, 2.24) is 10.6 Å². The lowest BCUT2D eigenvalue weighted by Gasteiger charge is -2.27. The minimum Gasteiger partial charge on any atom is -0.457 e. The quantitative estimate of drug-likeness (QED) is 0.877. The van der Waals surface area contributed by atoms with Crippen molar-refractivity contribution in [2.45, 2.75) is 12.1 Å². The van der Waals surface area contributed by atoms with Gasteiger partial charge in [0.1, 0.15) is 18.0 Å². The summed E-state index contributed by atoms with van der Waals surface area (Å²) in [7, 11) is 0. The highest BCUT2D eigenvalue weighted by molar-refractivity contribution is 5.92. The molecule has 2 aromatic rings. The third-order valence-corrected chi connectivity index (χ3v) is 3.85. The van der Waals surface area contributed by atoms with Crippen LogP contribution in [-0.2, 0) is 9.59 Å². The molecule has 1 heterocycles. The number of carbonyl (C=O) groups excluding carboxylic acids is 2. The van der Waals surface area contributed by atoms with E-state index in [4.69, 9.17) is 4.74 Å². The van der Waals surface area contributed by atoms with Gasteiger partial charge in [-0.2, -0.15) is 13.2 Å². The fourth-order valence-electron chi connectivity index (χ4n) is 2.72. The largest absolute Gasteiger partial charge is 0.457 e. The van der Waals surface area contributed by atoms with E-state index in [2.05, 4.69) is 5.32 Å². The van der Waals surface area contributed by atoms with Crippen molar-refractivity contribution in [1.29, 1.82) is 0 Å². The molecule has 136 valence electrons.